The molecule has 0 aromatic carbocycles. The van der Waals surface area contributed by atoms with Gasteiger partial charge in [0.2, 0.25) is 5.91 Å². The number of anilines is 1. The quantitative estimate of drug-likeness (QED) is 0.660. The van der Waals surface area contributed by atoms with Crippen LogP contribution in [0, 0.1) is 5.92 Å². The van der Waals surface area contributed by atoms with E-state index in [0.29, 0.717) is 10.6 Å². The van der Waals surface area contributed by atoms with Crippen molar-refractivity contribution in [2.24, 2.45) is 5.92 Å². The molecule has 0 saturated heterocycles. The van der Waals surface area contributed by atoms with Crippen molar-refractivity contribution >= 4 is 39.6 Å². The predicted octanol–water partition coefficient (Wildman–Crippen LogP) is 5.13. The maximum absolute atomic E-state index is 12.9. The van der Waals surface area contributed by atoms with Gasteiger partial charge in [0.05, 0.1) is 16.3 Å². The molecule has 1 fully saturated rings. The summed E-state index contributed by atoms with van der Waals surface area (Å²) in [5.74, 6) is -0.220. The van der Waals surface area contributed by atoms with Crippen molar-refractivity contribution < 1.29 is 14.3 Å². The van der Waals surface area contributed by atoms with Crippen molar-refractivity contribution in [2.45, 2.75) is 71.3 Å². The fourth-order valence-corrected chi connectivity index (χ4v) is 6.09. The molecule has 28 heavy (non-hydrogen) atoms. The molecular weight excluding hydrogens is 392 g/mol. The second-order valence-corrected chi connectivity index (χ2v) is 9.60. The molecule has 2 aromatic rings. The van der Waals surface area contributed by atoms with Gasteiger partial charge in [-0.2, -0.15) is 0 Å². The Labute approximate surface area is 173 Å². The minimum Gasteiger partial charge on any atom is -0.455 e. The number of esters is 1. The SMILES string of the molecule is CCc1nc(COC(=O)c2c(NC(=O)C3CCCCC3)sc3c2CCC3)cs1. The highest BCUT2D eigenvalue weighted by Crippen LogP contribution is 2.40. The smallest absolute Gasteiger partial charge is 0.341 e. The number of hydrogen-bond acceptors (Lipinski definition) is 6. The van der Waals surface area contributed by atoms with Gasteiger partial charge in [-0.1, -0.05) is 26.2 Å². The van der Waals surface area contributed by atoms with E-state index in [4.69, 9.17) is 4.74 Å². The summed E-state index contributed by atoms with van der Waals surface area (Å²) in [7, 11) is 0. The molecule has 7 heteroatoms. The number of hydrogen-bond donors (Lipinski definition) is 1. The first-order valence-electron chi connectivity index (χ1n) is 10.2. The third-order valence-corrected chi connectivity index (χ3v) is 7.84. The summed E-state index contributed by atoms with van der Waals surface area (Å²) in [5, 5.41) is 6.73. The molecule has 150 valence electrons. The van der Waals surface area contributed by atoms with Gasteiger partial charge >= 0.3 is 5.97 Å². The summed E-state index contributed by atoms with van der Waals surface area (Å²) < 4.78 is 5.58. The number of rotatable bonds is 6. The lowest BCUT2D eigenvalue weighted by atomic mass is 9.89. The summed E-state index contributed by atoms with van der Waals surface area (Å²) in [4.78, 5) is 31.3. The van der Waals surface area contributed by atoms with E-state index in [9.17, 15) is 9.59 Å². The van der Waals surface area contributed by atoms with Crippen molar-refractivity contribution in [2.75, 3.05) is 5.32 Å². The lowest BCUT2D eigenvalue weighted by Crippen LogP contribution is -2.25. The Morgan fingerprint density at radius 3 is 2.79 bits per heavy atom. The van der Waals surface area contributed by atoms with Gasteiger partial charge in [0, 0.05) is 16.2 Å². The lowest BCUT2D eigenvalue weighted by Gasteiger charge is -2.20. The van der Waals surface area contributed by atoms with E-state index < -0.39 is 0 Å². The number of carbonyl (C=O) groups is 2. The van der Waals surface area contributed by atoms with Gasteiger partial charge < -0.3 is 10.1 Å². The molecule has 0 radical (unpaired) electrons. The third kappa shape index (κ3) is 4.15. The average Bonchev–Trinajstić information content (AvgIpc) is 3.42. The molecule has 0 spiro atoms. The zero-order valence-corrected chi connectivity index (χ0v) is 17.8. The Kier molecular flexibility index (Phi) is 6.11. The van der Waals surface area contributed by atoms with Crippen LogP contribution in [-0.4, -0.2) is 16.9 Å². The normalized spacial score (nSPS) is 16.8. The maximum Gasteiger partial charge on any atom is 0.341 e. The zero-order valence-electron chi connectivity index (χ0n) is 16.2. The summed E-state index contributed by atoms with van der Waals surface area (Å²) in [6.07, 6.45) is 9.13. The molecular formula is C21H26N2O3S2. The van der Waals surface area contributed by atoms with Crippen molar-refractivity contribution in [3.05, 3.63) is 32.1 Å². The minimum atomic E-state index is -0.343. The summed E-state index contributed by atoms with van der Waals surface area (Å²) in [6, 6.07) is 0. The topological polar surface area (TPSA) is 68.3 Å². The van der Waals surface area contributed by atoms with Crippen LogP contribution in [0.3, 0.4) is 0 Å². The number of aromatic nitrogens is 1. The van der Waals surface area contributed by atoms with Gasteiger partial charge in [0.1, 0.15) is 11.6 Å². The first-order chi connectivity index (χ1) is 13.7. The highest BCUT2D eigenvalue weighted by atomic mass is 32.1. The van der Waals surface area contributed by atoms with Crippen LogP contribution in [0.4, 0.5) is 5.00 Å². The second-order valence-electron chi connectivity index (χ2n) is 7.55. The molecule has 0 aliphatic heterocycles. The van der Waals surface area contributed by atoms with Crippen LogP contribution in [-0.2, 0) is 35.4 Å². The Morgan fingerprint density at radius 2 is 2.04 bits per heavy atom. The van der Waals surface area contributed by atoms with Crippen LogP contribution in [0.25, 0.3) is 0 Å². The monoisotopic (exact) mass is 418 g/mol. The maximum atomic E-state index is 12.9. The average molecular weight is 419 g/mol. The number of ether oxygens (including phenoxy) is 1. The number of fused-ring (bicyclic) bond motifs is 1. The summed E-state index contributed by atoms with van der Waals surface area (Å²) in [5.41, 5.74) is 2.43. The van der Waals surface area contributed by atoms with Gasteiger partial charge in [-0.05, 0) is 44.1 Å². The highest BCUT2D eigenvalue weighted by Gasteiger charge is 2.30. The lowest BCUT2D eigenvalue weighted by molar-refractivity contribution is -0.120. The molecule has 0 unspecified atom stereocenters. The van der Waals surface area contributed by atoms with E-state index in [1.165, 1.54) is 11.3 Å². The van der Waals surface area contributed by atoms with Crippen LogP contribution in [0.5, 0.6) is 0 Å². The van der Waals surface area contributed by atoms with Crippen molar-refractivity contribution in [3.8, 4) is 0 Å². The number of thiophene rings is 1. The molecule has 5 nitrogen and oxygen atoms in total. The Balaban J connectivity index is 1.48. The molecule has 1 saturated carbocycles. The molecule has 2 aliphatic carbocycles. The zero-order chi connectivity index (χ0) is 19.5. The molecule has 0 atom stereocenters. The number of nitrogens with zero attached hydrogens (tertiary/aromatic N) is 1. The third-order valence-electron chi connectivity index (χ3n) is 5.59. The molecule has 1 amide bonds. The van der Waals surface area contributed by atoms with E-state index in [0.717, 1.165) is 67.6 Å². The van der Waals surface area contributed by atoms with Crippen molar-refractivity contribution in [3.63, 3.8) is 0 Å². The van der Waals surface area contributed by atoms with Gasteiger partial charge in [-0.3, -0.25) is 4.79 Å². The van der Waals surface area contributed by atoms with Crippen LogP contribution >= 0.6 is 22.7 Å². The van der Waals surface area contributed by atoms with Crippen molar-refractivity contribution in [1.29, 1.82) is 0 Å². The fraction of sp³-hybridized carbons (Fsp3) is 0.571. The number of thiazole rings is 1. The number of amides is 1. The van der Waals surface area contributed by atoms with Crippen LogP contribution in [0.15, 0.2) is 5.38 Å². The van der Waals surface area contributed by atoms with E-state index in [2.05, 4.69) is 17.2 Å². The van der Waals surface area contributed by atoms with Gasteiger partial charge in [0.25, 0.3) is 0 Å². The molecule has 2 aromatic heterocycles. The molecule has 2 heterocycles. The van der Waals surface area contributed by atoms with E-state index >= 15 is 0 Å². The molecule has 2 aliphatic rings. The fourth-order valence-electron chi connectivity index (χ4n) is 4.08. The minimum absolute atomic E-state index is 0.0563. The van der Waals surface area contributed by atoms with E-state index in [1.807, 2.05) is 5.38 Å². The van der Waals surface area contributed by atoms with E-state index in [1.54, 1.807) is 22.7 Å². The predicted molar refractivity (Wildman–Crippen MR) is 112 cm³/mol. The number of carbonyl (C=O) groups excluding carboxylic acids is 2. The van der Waals surface area contributed by atoms with Gasteiger partial charge in [0.15, 0.2) is 0 Å². The standard InChI is InChI=1S/C21H26N2O3S2/c1-2-17-22-14(12-27-17)11-26-21(25)18-15-9-6-10-16(15)28-20(18)23-19(24)13-7-4-3-5-8-13/h12-13H,2-11H2,1H3,(H,23,24). The largest absolute Gasteiger partial charge is 0.455 e. The second kappa shape index (κ2) is 8.74. The summed E-state index contributed by atoms with van der Waals surface area (Å²) in [6.45, 7) is 2.24. The molecule has 0 bridgehead atoms. The Morgan fingerprint density at radius 1 is 1.21 bits per heavy atom. The molecule has 4 rings (SSSR count). The summed E-state index contributed by atoms with van der Waals surface area (Å²) >= 11 is 3.14. The van der Waals surface area contributed by atoms with Gasteiger partial charge in [-0.25, -0.2) is 9.78 Å². The number of aryl methyl sites for hydroxylation is 2. The van der Waals surface area contributed by atoms with E-state index in [-0.39, 0.29) is 24.4 Å². The van der Waals surface area contributed by atoms with Crippen LogP contribution in [0.1, 0.15) is 76.9 Å². The van der Waals surface area contributed by atoms with Crippen LogP contribution in [0.2, 0.25) is 0 Å². The van der Waals surface area contributed by atoms with Crippen molar-refractivity contribution in [1.82, 2.24) is 4.98 Å². The Hall–Kier alpha value is -1.73. The van der Waals surface area contributed by atoms with Crippen LogP contribution < -0.4 is 5.32 Å². The first-order valence-corrected chi connectivity index (χ1v) is 11.9. The first kappa shape index (κ1) is 19.6. The highest BCUT2D eigenvalue weighted by molar-refractivity contribution is 7.17. The number of nitrogens with one attached hydrogen (secondary N) is 1. The molecule has 1 N–H and O–H groups in total. The Bertz CT molecular complexity index is 865. The van der Waals surface area contributed by atoms with Gasteiger partial charge in [-0.15, -0.1) is 22.7 Å².